The molecular formula is C31H44N2O5. The minimum atomic E-state index is -0.592. The monoisotopic (exact) mass is 524 g/mol. The van der Waals surface area contributed by atoms with Gasteiger partial charge in [-0.05, 0) is 75.0 Å². The molecule has 1 aromatic carbocycles. The Morgan fingerprint density at radius 2 is 2.05 bits per heavy atom. The molecule has 0 amide bonds. The highest BCUT2D eigenvalue weighted by Crippen LogP contribution is 2.76. The first-order valence-corrected chi connectivity index (χ1v) is 14.9. The van der Waals surface area contributed by atoms with Gasteiger partial charge in [0.05, 0.1) is 13.7 Å². The van der Waals surface area contributed by atoms with Crippen LogP contribution >= 0.6 is 0 Å². The molecule has 0 aromatic heterocycles. The maximum Gasteiger partial charge on any atom is 0.323 e. The smallest absolute Gasteiger partial charge is 0.323 e. The maximum absolute atomic E-state index is 13.0. The quantitative estimate of drug-likeness (QED) is 0.492. The van der Waals surface area contributed by atoms with E-state index in [1.165, 1.54) is 30.5 Å². The lowest BCUT2D eigenvalue weighted by atomic mass is 9.35. The molecule has 1 saturated heterocycles. The zero-order chi connectivity index (χ0) is 26.4. The van der Waals surface area contributed by atoms with E-state index in [4.69, 9.17) is 24.7 Å². The van der Waals surface area contributed by atoms with Crippen LogP contribution in [0.2, 0.25) is 0 Å². The van der Waals surface area contributed by atoms with Crippen molar-refractivity contribution in [2.45, 2.75) is 94.4 Å². The van der Waals surface area contributed by atoms with Crippen molar-refractivity contribution in [3.63, 3.8) is 0 Å². The van der Waals surface area contributed by atoms with Crippen molar-refractivity contribution < 1.29 is 23.7 Å². The van der Waals surface area contributed by atoms with Gasteiger partial charge in [0.2, 0.25) is 0 Å². The first-order valence-electron chi connectivity index (χ1n) is 14.9. The van der Waals surface area contributed by atoms with Gasteiger partial charge in [0.1, 0.15) is 17.7 Å². The van der Waals surface area contributed by atoms with Gasteiger partial charge in [0, 0.05) is 42.0 Å². The number of carbonyl (C=O) groups excluding carboxylic acids is 1. The van der Waals surface area contributed by atoms with E-state index in [-0.39, 0.29) is 34.7 Å². The molecule has 8 atom stereocenters. The van der Waals surface area contributed by atoms with Crippen molar-refractivity contribution in [2.24, 2.45) is 28.9 Å². The van der Waals surface area contributed by atoms with E-state index in [9.17, 15) is 4.79 Å². The van der Waals surface area contributed by atoms with Gasteiger partial charge in [-0.3, -0.25) is 9.69 Å². The van der Waals surface area contributed by atoms with Crippen molar-refractivity contribution in [1.29, 1.82) is 0 Å². The summed E-state index contributed by atoms with van der Waals surface area (Å²) in [4.78, 5) is 15.8. The molecule has 3 unspecified atom stereocenters. The molecule has 4 saturated carbocycles. The number of hydrogen-bond donors (Lipinski definition) is 1. The van der Waals surface area contributed by atoms with Crippen LogP contribution in [0.25, 0.3) is 0 Å². The number of benzene rings is 1. The average Bonchev–Trinajstić information content (AvgIpc) is 3.69. The fraction of sp³-hybridized carbons (Fsp3) is 0.774. The molecular weight excluding hydrogens is 480 g/mol. The molecule has 0 radical (unpaired) electrons. The lowest BCUT2D eigenvalue weighted by molar-refractivity contribution is -0.282. The number of fused-ring (bicyclic) bond motifs is 2. The molecule has 2 heterocycles. The minimum absolute atomic E-state index is 0.0673. The summed E-state index contributed by atoms with van der Waals surface area (Å²) in [6.07, 6.45) is 8.67. The average molecular weight is 525 g/mol. The molecule has 5 aliphatic carbocycles. The van der Waals surface area contributed by atoms with E-state index in [0.29, 0.717) is 12.6 Å². The van der Waals surface area contributed by atoms with E-state index in [1.54, 1.807) is 7.11 Å². The highest BCUT2D eigenvalue weighted by Gasteiger charge is 2.80. The van der Waals surface area contributed by atoms with Gasteiger partial charge in [-0.2, -0.15) is 0 Å². The van der Waals surface area contributed by atoms with Crippen LogP contribution in [0.15, 0.2) is 12.1 Å². The molecule has 2 spiro atoms. The number of hydrogen-bond acceptors (Lipinski definition) is 7. The van der Waals surface area contributed by atoms with Crippen molar-refractivity contribution in [3.8, 4) is 11.5 Å². The number of rotatable bonds is 9. The Morgan fingerprint density at radius 1 is 1.24 bits per heavy atom. The molecule has 7 nitrogen and oxygen atoms in total. The molecule has 1 aromatic rings. The van der Waals surface area contributed by atoms with Crippen LogP contribution in [0.5, 0.6) is 11.5 Å². The molecule has 7 heteroatoms. The van der Waals surface area contributed by atoms with Crippen LogP contribution in [0.4, 0.5) is 0 Å². The molecule has 2 aliphatic heterocycles. The number of methoxy groups -OCH3 is 2. The molecule has 5 fully saturated rings. The van der Waals surface area contributed by atoms with Gasteiger partial charge in [0.15, 0.2) is 11.5 Å². The summed E-state index contributed by atoms with van der Waals surface area (Å²) in [5, 5.41) is 0. The van der Waals surface area contributed by atoms with E-state index in [2.05, 4.69) is 24.0 Å². The third-order valence-corrected chi connectivity index (χ3v) is 12.0. The second-order valence-corrected chi connectivity index (χ2v) is 13.3. The number of likely N-dealkylation sites (tertiary alicyclic amines) is 1. The van der Waals surface area contributed by atoms with Gasteiger partial charge in [-0.15, -0.1) is 0 Å². The predicted molar refractivity (Wildman–Crippen MR) is 143 cm³/mol. The van der Waals surface area contributed by atoms with Crippen molar-refractivity contribution in [3.05, 3.63) is 23.3 Å². The first kappa shape index (κ1) is 25.2. The van der Waals surface area contributed by atoms with Crippen LogP contribution in [-0.2, 0) is 26.1 Å². The van der Waals surface area contributed by atoms with Gasteiger partial charge in [-0.1, -0.05) is 26.3 Å². The van der Waals surface area contributed by atoms with Crippen LogP contribution in [0.1, 0.15) is 69.9 Å². The molecule has 208 valence electrons. The van der Waals surface area contributed by atoms with Crippen LogP contribution < -0.4 is 15.2 Å². The van der Waals surface area contributed by atoms with Crippen LogP contribution in [0.3, 0.4) is 0 Å². The van der Waals surface area contributed by atoms with Crippen LogP contribution in [0, 0.1) is 23.2 Å². The molecule has 38 heavy (non-hydrogen) atoms. The second-order valence-electron chi connectivity index (χ2n) is 13.3. The number of nitrogens with two attached hydrogens (primary N) is 1. The van der Waals surface area contributed by atoms with Gasteiger partial charge in [-0.25, -0.2) is 0 Å². The zero-order valence-corrected chi connectivity index (χ0v) is 23.5. The SMILES string of the molecule is CC[C@H](C)[C@H](N)C(=O)OC[C@H]1CC23CCC1(OC)[C@@H]1Oc4c(OC)ccc5c4C12CCN(CC1CC1)[C@@H]3C5. The Kier molecular flexibility index (Phi) is 5.68. The Hall–Kier alpha value is -1.83. The standard InChI is InChI=1S/C31H44N2O5/c1-5-18(2)25(32)27(34)37-17-21-15-29-10-11-31(21,36-4)28-30(29)12-13-33(16-19-6-7-19)23(29)14-20-8-9-22(35-3)26(38-28)24(20)30/h8-9,18-19,21,23,25,28H,5-7,10-17,32H2,1-4H3/t18-,21+,23+,25-,28+,29?,30?,31?/m0/s1. The number of carbonyl (C=O) groups is 1. The lowest BCUT2D eigenvalue weighted by Crippen LogP contribution is -2.81. The van der Waals surface area contributed by atoms with Gasteiger partial charge < -0.3 is 24.7 Å². The van der Waals surface area contributed by atoms with E-state index in [0.717, 1.165) is 62.5 Å². The van der Waals surface area contributed by atoms with E-state index in [1.807, 2.05) is 14.0 Å². The fourth-order valence-electron chi connectivity index (χ4n) is 9.66. The summed E-state index contributed by atoms with van der Waals surface area (Å²) in [6.45, 7) is 6.74. The molecule has 2 N–H and O–H groups in total. The third kappa shape index (κ3) is 3.04. The highest BCUT2D eigenvalue weighted by molar-refractivity contribution is 5.75. The summed E-state index contributed by atoms with van der Waals surface area (Å²) in [5.41, 5.74) is 8.57. The zero-order valence-electron chi connectivity index (χ0n) is 23.5. The van der Waals surface area contributed by atoms with Crippen molar-refractivity contribution >= 4 is 5.97 Å². The number of ether oxygens (including phenoxy) is 4. The maximum atomic E-state index is 13.0. The summed E-state index contributed by atoms with van der Waals surface area (Å²) in [7, 11) is 3.58. The minimum Gasteiger partial charge on any atom is -0.493 e. The molecule has 4 bridgehead atoms. The Morgan fingerprint density at radius 3 is 2.76 bits per heavy atom. The lowest BCUT2D eigenvalue weighted by Gasteiger charge is -2.73. The second kappa shape index (κ2) is 8.58. The van der Waals surface area contributed by atoms with E-state index < -0.39 is 11.6 Å². The topological polar surface area (TPSA) is 83.3 Å². The summed E-state index contributed by atoms with van der Waals surface area (Å²) < 4.78 is 25.5. The van der Waals surface area contributed by atoms with Crippen LogP contribution in [-0.4, -0.2) is 68.6 Å². The Balaban J connectivity index is 1.31. The van der Waals surface area contributed by atoms with Gasteiger partial charge >= 0.3 is 5.97 Å². The summed E-state index contributed by atoms with van der Waals surface area (Å²) >= 11 is 0. The third-order valence-electron chi connectivity index (χ3n) is 12.0. The summed E-state index contributed by atoms with van der Waals surface area (Å²) in [6, 6.07) is 4.28. The first-order chi connectivity index (χ1) is 18.3. The normalized spacial score (nSPS) is 39.8. The predicted octanol–water partition coefficient (Wildman–Crippen LogP) is 3.84. The number of esters is 1. The highest BCUT2D eigenvalue weighted by atomic mass is 16.6. The number of nitrogens with zero attached hydrogens (tertiary/aromatic N) is 1. The van der Waals surface area contributed by atoms with Gasteiger partial charge in [0.25, 0.3) is 0 Å². The fourth-order valence-corrected chi connectivity index (χ4v) is 9.66. The van der Waals surface area contributed by atoms with Crippen molar-refractivity contribution in [1.82, 2.24) is 4.90 Å². The van der Waals surface area contributed by atoms with Crippen molar-refractivity contribution in [2.75, 3.05) is 33.9 Å². The Bertz CT molecular complexity index is 1140. The largest absolute Gasteiger partial charge is 0.493 e. The number of piperidine rings is 1. The molecule has 7 aliphatic rings. The molecule has 8 rings (SSSR count). The summed E-state index contributed by atoms with van der Waals surface area (Å²) in [5.74, 6) is 2.49. The van der Waals surface area contributed by atoms with E-state index >= 15 is 0 Å². The Labute approximate surface area is 226 Å².